The van der Waals surface area contributed by atoms with Crippen LogP contribution >= 0.6 is 0 Å². The van der Waals surface area contributed by atoms with Crippen molar-refractivity contribution in [3.63, 3.8) is 0 Å². The molecule has 0 N–H and O–H groups in total. The highest BCUT2D eigenvalue weighted by molar-refractivity contribution is 5.68. The zero-order valence-electron chi connectivity index (χ0n) is 14.7. The summed E-state index contributed by atoms with van der Waals surface area (Å²) in [5.74, 6) is 0.457. The van der Waals surface area contributed by atoms with Crippen LogP contribution in [0.25, 0.3) is 0 Å². The molecule has 1 amide bonds. The Bertz CT molecular complexity index is 722. The minimum absolute atomic E-state index is 0.00647. The Kier molecular flexibility index (Phi) is 5.11. The number of rotatable bonds is 3. The molecule has 0 unspecified atom stereocenters. The van der Waals surface area contributed by atoms with E-state index in [1.165, 1.54) is 12.1 Å². The zero-order valence-corrected chi connectivity index (χ0v) is 14.7. The van der Waals surface area contributed by atoms with E-state index in [0.29, 0.717) is 18.9 Å². The van der Waals surface area contributed by atoms with Gasteiger partial charge in [0.05, 0.1) is 4.92 Å². The molecule has 2 rings (SSSR count). The van der Waals surface area contributed by atoms with E-state index in [9.17, 15) is 14.9 Å². The van der Waals surface area contributed by atoms with E-state index in [4.69, 9.17) is 10.00 Å². The molecule has 1 aromatic rings. The summed E-state index contributed by atoms with van der Waals surface area (Å²) in [6, 6.07) is 4.53. The second kappa shape index (κ2) is 6.93. The summed E-state index contributed by atoms with van der Waals surface area (Å²) in [6.45, 7) is 6.46. The van der Waals surface area contributed by atoms with Crippen molar-refractivity contribution in [1.82, 2.24) is 9.88 Å². The van der Waals surface area contributed by atoms with E-state index in [2.05, 4.69) is 4.98 Å². The Balaban J connectivity index is 2.10. The number of amides is 1. The summed E-state index contributed by atoms with van der Waals surface area (Å²) in [5, 5.41) is 19.9. The Morgan fingerprint density at radius 2 is 2.20 bits per heavy atom. The van der Waals surface area contributed by atoms with E-state index in [0.717, 1.165) is 6.42 Å². The van der Waals surface area contributed by atoms with Gasteiger partial charge in [0.2, 0.25) is 5.69 Å². The largest absolute Gasteiger partial charge is 0.444 e. The molecule has 0 aromatic carbocycles. The van der Waals surface area contributed by atoms with Crippen molar-refractivity contribution in [1.29, 1.82) is 5.26 Å². The number of ether oxygens (including phenoxy) is 1. The van der Waals surface area contributed by atoms with Gasteiger partial charge in [-0.1, -0.05) is 0 Å². The third-order valence-electron chi connectivity index (χ3n) is 3.89. The van der Waals surface area contributed by atoms with E-state index >= 15 is 0 Å². The smallest absolute Gasteiger partial charge is 0.410 e. The molecule has 0 saturated carbocycles. The summed E-state index contributed by atoms with van der Waals surface area (Å²) >= 11 is 0. The fourth-order valence-electron chi connectivity index (χ4n) is 2.60. The number of anilines is 1. The molecule has 1 aliphatic rings. The second-order valence-electron chi connectivity index (χ2n) is 6.89. The second-order valence-corrected chi connectivity index (χ2v) is 6.89. The van der Waals surface area contributed by atoms with Gasteiger partial charge in [-0.3, -0.25) is 10.1 Å². The summed E-state index contributed by atoms with van der Waals surface area (Å²) in [7, 11) is 1.79. The first-order valence-electron chi connectivity index (χ1n) is 7.88. The molecule has 0 spiro atoms. The van der Waals surface area contributed by atoms with Crippen molar-refractivity contribution >= 4 is 17.6 Å². The molecular formula is C16H21N5O4. The number of nitro groups is 1. The Hall–Kier alpha value is -2.89. The number of hydrogen-bond donors (Lipinski definition) is 0. The average Bonchev–Trinajstić information content (AvgIpc) is 3.01. The van der Waals surface area contributed by atoms with Crippen LogP contribution in [0.5, 0.6) is 0 Å². The van der Waals surface area contributed by atoms with Crippen LogP contribution in [0.1, 0.15) is 32.9 Å². The number of nitrogens with zero attached hydrogens (tertiary/aromatic N) is 5. The minimum atomic E-state index is -0.630. The van der Waals surface area contributed by atoms with Crippen molar-refractivity contribution in [3.05, 3.63) is 27.9 Å². The van der Waals surface area contributed by atoms with Crippen molar-refractivity contribution in [3.8, 4) is 6.07 Å². The first-order valence-corrected chi connectivity index (χ1v) is 7.88. The first kappa shape index (κ1) is 18.4. The van der Waals surface area contributed by atoms with Crippen molar-refractivity contribution < 1.29 is 14.5 Å². The molecule has 0 aliphatic carbocycles. The number of carbonyl (C=O) groups is 1. The van der Waals surface area contributed by atoms with Crippen molar-refractivity contribution in [2.75, 3.05) is 25.0 Å². The standard InChI is InChI=1S/C16H21N5O4/c1-16(2,3)25-15(22)20-8-7-11(10-20)19(4)14-6-5-13(21(23)24)12(9-17)18-14/h5-6,11H,7-8,10H2,1-4H3/t11-/m0/s1. The van der Waals surface area contributed by atoms with Crippen LogP contribution in [0.2, 0.25) is 0 Å². The number of pyridine rings is 1. The maximum absolute atomic E-state index is 12.1. The summed E-state index contributed by atoms with van der Waals surface area (Å²) in [6.07, 6.45) is 0.355. The first-order chi connectivity index (χ1) is 11.6. The van der Waals surface area contributed by atoms with Gasteiger partial charge in [0, 0.05) is 32.2 Å². The van der Waals surface area contributed by atoms with Crippen LogP contribution in [-0.2, 0) is 4.74 Å². The summed E-state index contributed by atoms with van der Waals surface area (Å²) < 4.78 is 5.37. The summed E-state index contributed by atoms with van der Waals surface area (Å²) in [4.78, 5) is 29.9. The normalized spacial score (nSPS) is 17.1. The predicted octanol–water partition coefficient (Wildman–Crippen LogP) is 2.31. The quantitative estimate of drug-likeness (QED) is 0.609. The van der Waals surface area contributed by atoms with Crippen LogP contribution < -0.4 is 4.90 Å². The van der Waals surface area contributed by atoms with Gasteiger partial charge in [-0.05, 0) is 33.3 Å². The summed E-state index contributed by atoms with van der Waals surface area (Å²) in [5.41, 5.74) is -1.10. The molecule has 134 valence electrons. The van der Waals surface area contributed by atoms with E-state index in [1.807, 2.05) is 25.7 Å². The number of likely N-dealkylation sites (tertiary alicyclic amines) is 1. The highest BCUT2D eigenvalue weighted by atomic mass is 16.6. The van der Waals surface area contributed by atoms with Crippen LogP contribution in [0.4, 0.5) is 16.3 Å². The van der Waals surface area contributed by atoms with Gasteiger partial charge in [0.1, 0.15) is 17.5 Å². The maximum atomic E-state index is 12.1. The van der Waals surface area contributed by atoms with Gasteiger partial charge < -0.3 is 14.5 Å². The van der Waals surface area contributed by atoms with Gasteiger partial charge in [-0.15, -0.1) is 0 Å². The van der Waals surface area contributed by atoms with Crippen molar-refractivity contribution in [2.45, 2.75) is 38.8 Å². The predicted molar refractivity (Wildman–Crippen MR) is 90.2 cm³/mol. The Labute approximate surface area is 145 Å². The number of aromatic nitrogens is 1. The maximum Gasteiger partial charge on any atom is 0.410 e. The van der Waals surface area contributed by atoms with E-state index in [-0.39, 0.29) is 23.5 Å². The number of carbonyl (C=O) groups excluding carboxylic acids is 1. The molecule has 1 atom stereocenters. The SMILES string of the molecule is CN(c1ccc([N+](=O)[O-])c(C#N)n1)[C@H]1CCN(C(=O)OC(C)(C)C)C1. The van der Waals surface area contributed by atoms with Gasteiger partial charge in [-0.25, -0.2) is 9.78 Å². The molecule has 25 heavy (non-hydrogen) atoms. The average molecular weight is 347 g/mol. The highest BCUT2D eigenvalue weighted by Crippen LogP contribution is 2.25. The van der Waals surface area contributed by atoms with Crippen molar-refractivity contribution in [2.24, 2.45) is 0 Å². The van der Waals surface area contributed by atoms with Gasteiger partial charge in [0.25, 0.3) is 0 Å². The Morgan fingerprint density at radius 1 is 1.52 bits per heavy atom. The lowest BCUT2D eigenvalue weighted by atomic mass is 10.2. The molecule has 1 aliphatic heterocycles. The lowest BCUT2D eigenvalue weighted by Gasteiger charge is -2.27. The van der Waals surface area contributed by atoms with E-state index in [1.54, 1.807) is 18.0 Å². The zero-order chi connectivity index (χ0) is 18.8. The third-order valence-corrected chi connectivity index (χ3v) is 3.89. The highest BCUT2D eigenvalue weighted by Gasteiger charge is 2.32. The topological polar surface area (TPSA) is 113 Å². The molecular weight excluding hydrogens is 326 g/mol. The van der Waals surface area contributed by atoms with Gasteiger partial charge in [0.15, 0.2) is 0 Å². The lowest BCUT2D eigenvalue weighted by molar-refractivity contribution is -0.385. The molecule has 2 heterocycles. The van der Waals surface area contributed by atoms with Crippen LogP contribution in [0, 0.1) is 21.4 Å². The molecule has 1 fully saturated rings. The van der Waals surface area contributed by atoms with Gasteiger partial charge >= 0.3 is 11.8 Å². The van der Waals surface area contributed by atoms with Crippen LogP contribution in [0.3, 0.4) is 0 Å². The van der Waals surface area contributed by atoms with E-state index < -0.39 is 10.5 Å². The lowest BCUT2D eigenvalue weighted by Crippen LogP contribution is -2.39. The van der Waals surface area contributed by atoms with Gasteiger partial charge in [-0.2, -0.15) is 5.26 Å². The fourth-order valence-corrected chi connectivity index (χ4v) is 2.60. The molecule has 1 aromatic heterocycles. The third kappa shape index (κ3) is 4.35. The molecule has 9 heteroatoms. The van der Waals surface area contributed by atoms with Crippen LogP contribution in [-0.4, -0.2) is 52.7 Å². The minimum Gasteiger partial charge on any atom is -0.444 e. The molecule has 1 saturated heterocycles. The Morgan fingerprint density at radius 3 is 2.76 bits per heavy atom. The molecule has 0 bridgehead atoms. The number of hydrogen-bond acceptors (Lipinski definition) is 7. The number of nitriles is 1. The molecule has 0 radical (unpaired) electrons. The monoisotopic (exact) mass is 347 g/mol. The fraction of sp³-hybridized carbons (Fsp3) is 0.562. The number of likely N-dealkylation sites (N-methyl/N-ethyl adjacent to an activating group) is 1. The van der Waals surface area contributed by atoms with Crippen LogP contribution in [0.15, 0.2) is 12.1 Å². The molecule has 9 nitrogen and oxygen atoms in total.